The van der Waals surface area contributed by atoms with Crippen molar-refractivity contribution in [2.45, 2.75) is 37.9 Å². The van der Waals surface area contributed by atoms with Crippen LogP contribution in [0.1, 0.15) is 40.6 Å². The first-order valence-corrected chi connectivity index (χ1v) is 9.76. The summed E-state index contributed by atoms with van der Waals surface area (Å²) >= 11 is 1.36. The Morgan fingerprint density at radius 3 is 2.65 bits per heavy atom. The van der Waals surface area contributed by atoms with Gasteiger partial charge in [-0.1, -0.05) is 23.9 Å². The van der Waals surface area contributed by atoms with E-state index in [1.54, 1.807) is 4.57 Å². The van der Waals surface area contributed by atoms with E-state index < -0.39 is 0 Å². The van der Waals surface area contributed by atoms with E-state index in [9.17, 15) is 9.59 Å². The fourth-order valence-corrected chi connectivity index (χ4v) is 4.18. The molecule has 1 aliphatic rings. The molecule has 0 unspecified atom stereocenters. The lowest BCUT2D eigenvalue weighted by Gasteiger charge is -2.12. The molecule has 0 spiro atoms. The van der Waals surface area contributed by atoms with Crippen molar-refractivity contribution in [2.24, 2.45) is 7.05 Å². The zero-order valence-corrected chi connectivity index (χ0v) is 16.0. The number of hydrogen-bond donors (Lipinski definition) is 0. The van der Waals surface area contributed by atoms with Crippen molar-refractivity contribution >= 4 is 28.4 Å². The van der Waals surface area contributed by atoms with E-state index in [0.29, 0.717) is 16.1 Å². The van der Waals surface area contributed by atoms with Crippen LogP contribution in [0, 0.1) is 13.8 Å². The third kappa shape index (κ3) is 2.88. The van der Waals surface area contributed by atoms with Gasteiger partial charge in [-0.3, -0.25) is 14.2 Å². The molecule has 4 rings (SSSR count). The van der Waals surface area contributed by atoms with Gasteiger partial charge in [-0.15, -0.1) is 0 Å². The molecular weight excluding hydrogens is 346 g/mol. The summed E-state index contributed by atoms with van der Waals surface area (Å²) in [6.07, 6.45) is 2.00. The molecule has 0 amide bonds. The third-order valence-electron chi connectivity index (χ3n) is 5.10. The minimum absolute atomic E-state index is 0.000199. The Hall–Kier alpha value is -2.34. The number of Topliss-reactive ketones (excluding diaryl/α,β-unsaturated/α-hetero) is 1. The van der Waals surface area contributed by atoms with Crippen LogP contribution < -0.4 is 5.56 Å². The summed E-state index contributed by atoms with van der Waals surface area (Å²) in [5.74, 6) is 0.350. The SMILES string of the molecule is Cc1cc(C(=O)CSc2nc3ccccc3c(=O)n2C2CC2)c(C)n1C. The zero-order chi connectivity index (χ0) is 18.4. The summed E-state index contributed by atoms with van der Waals surface area (Å²) in [4.78, 5) is 30.2. The molecule has 1 fully saturated rings. The third-order valence-corrected chi connectivity index (χ3v) is 6.05. The Morgan fingerprint density at radius 2 is 2.00 bits per heavy atom. The fourth-order valence-electron chi connectivity index (χ4n) is 3.23. The summed E-state index contributed by atoms with van der Waals surface area (Å²) in [7, 11) is 1.96. The van der Waals surface area contributed by atoms with Crippen LogP contribution in [-0.4, -0.2) is 25.7 Å². The molecule has 0 bridgehead atoms. The smallest absolute Gasteiger partial charge is 0.262 e. The molecule has 0 radical (unpaired) electrons. The van der Waals surface area contributed by atoms with Gasteiger partial charge in [0.2, 0.25) is 0 Å². The minimum atomic E-state index is -0.000199. The predicted octanol–water partition coefficient (Wildman–Crippen LogP) is 3.66. The Balaban J connectivity index is 1.66. The lowest BCUT2D eigenvalue weighted by molar-refractivity contribution is 0.102. The molecule has 5 nitrogen and oxygen atoms in total. The van der Waals surface area contributed by atoms with Crippen LogP contribution in [-0.2, 0) is 7.05 Å². The maximum absolute atomic E-state index is 12.9. The Kier molecular flexibility index (Phi) is 4.23. The number of thioether (sulfide) groups is 1. The van der Waals surface area contributed by atoms with Crippen molar-refractivity contribution in [3.63, 3.8) is 0 Å². The van der Waals surface area contributed by atoms with Gasteiger partial charge in [0.1, 0.15) is 0 Å². The van der Waals surface area contributed by atoms with Gasteiger partial charge in [-0.25, -0.2) is 4.98 Å². The van der Waals surface area contributed by atoms with E-state index in [0.717, 1.165) is 29.8 Å². The second kappa shape index (κ2) is 6.43. The standard InChI is InChI=1S/C20H21N3O2S/c1-12-10-16(13(2)22(12)3)18(24)11-26-20-21-17-7-5-4-6-15(17)19(25)23(20)14-8-9-14/h4-7,10,14H,8-9,11H2,1-3H3. The molecular formula is C20H21N3O2S. The van der Waals surface area contributed by atoms with E-state index in [1.807, 2.05) is 55.8 Å². The van der Waals surface area contributed by atoms with Gasteiger partial charge in [0, 0.05) is 30.0 Å². The molecule has 3 aromatic rings. The minimum Gasteiger partial charge on any atom is -0.351 e. The molecule has 2 aromatic heterocycles. The van der Waals surface area contributed by atoms with E-state index in [-0.39, 0.29) is 23.1 Å². The maximum atomic E-state index is 12.9. The first kappa shape index (κ1) is 17.1. The second-order valence-electron chi connectivity index (χ2n) is 6.87. The maximum Gasteiger partial charge on any atom is 0.262 e. The fraction of sp³-hybridized carbons (Fsp3) is 0.350. The normalized spacial score (nSPS) is 14.1. The highest BCUT2D eigenvalue weighted by molar-refractivity contribution is 7.99. The van der Waals surface area contributed by atoms with Gasteiger partial charge in [-0.2, -0.15) is 0 Å². The van der Waals surface area contributed by atoms with Crippen LogP contribution in [0.15, 0.2) is 40.3 Å². The first-order valence-electron chi connectivity index (χ1n) is 8.77. The van der Waals surface area contributed by atoms with Gasteiger partial charge < -0.3 is 4.57 Å². The molecule has 1 saturated carbocycles. The summed E-state index contributed by atoms with van der Waals surface area (Å²) < 4.78 is 3.80. The van der Waals surface area contributed by atoms with Crippen molar-refractivity contribution in [2.75, 3.05) is 5.75 Å². The van der Waals surface area contributed by atoms with Crippen molar-refractivity contribution in [1.29, 1.82) is 0 Å². The number of ketones is 1. The molecule has 0 saturated heterocycles. The number of carbonyl (C=O) groups excluding carboxylic acids is 1. The Bertz CT molecular complexity index is 1080. The highest BCUT2D eigenvalue weighted by Gasteiger charge is 2.29. The number of hydrogen-bond acceptors (Lipinski definition) is 4. The topological polar surface area (TPSA) is 56.9 Å². The lowest BCUT2D eigenvalue weighted by Crippen LogP contribution is -2.22. The quantitative estimate of drug-likeness (QED) is 0.392. The van der Waals surface area contributed by atoms with Crippen LogP contribution in [0.25, 0.3) is 10.9 Å². The predicted molar refractivity (Wildman–Crippen MR) is 104 cm³/mol. The Morgan fingerprint density at radius 1 is 1.27 bits per heavy atom. The van der Waals surface area contributed by atoms with E-state index in [4.69, 9.17) is 0 Å². The summed E-state index contributed by atoms with van der Waals surface area (Å²) in [5.41, 5.74) is 3.48. The number of rotatable bonds is 5. The summed E-state index contributed by atoms with van der Waals surface area (Å²) in [6.45, 7) is 3.95. The number of aromatic nitrogens is 3. The molecule has 0 aliphatic heterocycles. The van der Waals surface area contributed by atoms with Gasteiger partial charge in [0.15, 0.2) is 10.9 Å². The van der Waals surface area contributed by atoms with Crippen molar-refractivity contribution in [3.05, 3.63) is 57.6 Å². The molecule has 6 heteroatoms. The number of nitrogens with zero attached hydrogens (tertiary/aromatic N) is 3. The van der Waals surface area contributed by atoms with Gasteiger partial charge in [0.25, 0.3) is 5.56 Å². The highest BCUT2D eigenvalue weighted by Crippen LogP contribution is 2.37. The van der Waals surface area contributed by atoms with Crippen LogP contribution in [0.4, 0.5) is 0 Å². The van der Waals surface area contributed by atoms with Crippen LogP contribution in [0.5, 0.6) is 0 Å². The average molecular weight is 367 g/mol. The van der Waals surface area contributed by atoms with Gasteiger partial charge in [-0.05, 0) is 44.9 Å². The summed E-state index contributed by atoms with van der Waals surface area (Å²) in [5, 5.41) is 1.29. The van der Waals surface area contributed by atoms with Crippen molar-refractivity contribution in [1.82, 2.24) is 14.1 Å². The second-order valence-corrected chi connectivity index (χ2v) is 7.82. The van der Waals surface area contributed by atoms with E-state index in [1.165, 1.54) is 11.8 Å². The Labute approximate surface area is 156 Å². The van der Waals surface area contributed by atoms with Crippen LogP contribution in [0.3, 0.4) is 0 Å². The number of benzene rings is 1. The lowest BCUT2D eigenvalue weighted by atomic mass is 10.2. The van der Waals surface area contributed by atoms with Crippen molar-refractivity contribution in [3.8, 4) is 0 Å². The van der Waals surface area contributed by atoms with E-state index >= 15 is 0 Å². The molecule has 0 N–H and O–H groups in total. The van der Waals surface area contributed by atoms with Gasteiger partial charge in [0.05, 0.1) is 16.7 Å². The summed E-state index contributed by atoms with van der Waals surface area (Å²) in [6, 6.07) is 9.56. The average Bonchev–Trinajstić information content (AvgIpc) is 3.43. The van der Waals surface area contributed by atoms with Gasteiger partial charge >= 0.3 is 0 Å². The van der Waals surface area contributed by atoms with E-state index in [2.05, 4.69) is 4.98 Å². The molecule has 134 valence electrons. The molecule has 1 aromatic carbocycles. The molecule has 2 heterocycles. The van der Waals surface area contributed by atoms with Crippen LogP contribution in [0.2, 0.25) is 0 Å². The molecule has 26 heavy (non-hydrogen) atoms. The van der Waals surface area contributed by atoms with Crippen molar-refractivity contribution < 1.29 is 4.79 Å². The largest absolute Gasteiger partial charge is 0.351 e. The first-order chi connectivity index (χ1) is 12.5. The number of para-hydroxylation sites is 1. The number of fused-ring (bicyclic) bond motifs is 1. The number of carbonyl (C=O) groups is 1. The molecule has 0 atom stereocenters. The molecule has 1 aliphatic carbocycles. The monoisotopic (exact) mass is 367 g/mol. The zero-order valence-electron chi connectivity index (χ0n) is 15.2. The number of aryl methyl sites for hydroxylation is 1. The highest BCUT2D eigenvalue weighted by atomic mass is 32.2. The van der Waals surface area contributed by atoms with Crippen LogP contribution >= 0.6 is 11.8 Å².